The summed E-state index contributed by atoms with van der Waals surface area (Å²) < 4.78 is 32.5. The molecule has 0 bridgehead atoms. The summed E-state index contributed by atoms with van der Waals surface area (Å²) in [5, 5.41) is 8.64. The molecule has 156 valence electrons. The summed E-state index contributed by atoms with van der Waals surface area (Å²) in [6.45, 7) is 4.68. The lowest BCUT2D eigenvalue weighted by Gasteiger charge is -2.20. The highest BCUT2D eigenvalue weighted by Crippen LogP contribution is 2.43. The highest BCUT2D eigenvalue weighted by molar-refractivity contribution is 7.47. The van der Waals surface area contributed by atoms with E-state index in [1.54, 1.807) is 0 Å². The normalized spacial score (nSPS) is 16.2. The molecular formula is C16H34NO8P. The Morgan fingerprint density at radius 1 is 1.00 bits per heavy atom. The van der Waals surface area contributed by atoms with Crippen molar-refractivity contribution in [3.8, 4) is 0 Å². The van der Waals surface area contributed by atoms with Crippen molar-refractivity contribution in [2.45, 2.75) is 64.5 Å². The van der Waals surface area contributed by atoms with Gasteiger partial charge in [-0.2, -0.15) is 0 Å². The van der Waals surface area contributed by atoms with Crippen LogP contribution in [0.4, 0.5) is 0 Å². The molecule has 0 aromatic rings. The van der Waals surface area contributed by atoms with Crippen LogP contribution >= 0.6 is 7.82 Å². The van der Waals surface area contributed by atoms with Gasteiger partial charge in [0.1, 0.15) is 12.1 Å². The highest BCUT2D eigenvalue weighted by Gasteiger charge is 2.26. The van der Waals surface area contributed by atoms with Crippen molar-refractivity contribution in [2.24, 2.45) is 5.73 Å². The summed E-state index contributed by atoms with van der Waals surface area (Å²) in [6, 6.07) is -1.40. The summed E-state index contributed by atoms with van der Waals surface area (Å²) in [4.78, 5) is 20.2. The molecule has 0 aromatic heterocycles. The summed E-state index contributed by atoms with van der Waals surface area (Å²) in [5.74, 6) is -1.33. The lowest BCUT2D eigenvalue weighted by molar-refractivity contribution is -0.139. The second kappa shape index (κ2) is 15.5. The van der Waals surface area contributed by atoms with E-state index >= 15 is 0 Å². The van der Waals surface area contributed by atoms with Gasteiger partial charge in [0.15, 0.2) is 0 Å². The van der Waals surface area contributed by atoms with Gasteiger partial charge < -0.3 is 25.2 Å². The lowest BCUT2D eigenvalue weighted by Crippen LogP contribution is -2.34. The summed E-state index contributed by atoms with van der Waals surface area (Å²) in [7, 11) is -4.41. The van der Waals surface area contributed by atoms with Crippen LogP contribution in [0.3, 0.4) is 0 Å². The molecule has 0 spiro atoms. The monoisotopic (exact) mass is 399 g/mol. The molecule has 0 aliphatic carbocycles. The SMILES string of the molecule is CCCCCOCC(COP(=O)(O)OCC(N)C(=O)O)OCCCCC. The van der Waals surface area contributed by atoms with Crippen molar-refractivity contribution in [3.05, 3.63) is 0 Å². The number of carbonyl (C=O) groups is 1. The average Bonchev–Trinajstić information content (AvgIpc) is 2.60. The topological polar surface area (TPSA) is 138 Å². The van der Waals surface area contributed by atoms with Gasteiger partial charge >= 0.3 is 13.8 Å². The number of rotatable bonds is 18. The molecule has 0 heterocycles. The second-order valence-corrected chi connectivity index (χ2v) is 7.44. The molecule has 0 aromatic carbocycles. The first-order chi connectivity index (χ1) is 12.3. The number of carboxylic acid groups (broad SMARTS) is 1. The van der Waals surface area contributed by atoms with Gasteiger partial charge in [-0.25, -0.2) is 4.57 Å². The second-order valence-electron chi connectivity index (χ2n) is 5.99. The molecule has 9 nitrogen and oxygen atoms in total. The van der Waals surface area contributed by atoms with Crippen LogP contribution in [-0.4, -0.2) is 61.1 Å². The maximum absolute atomic E-state index is 11.8. The molecular weight excluding hydrogens is 365 g/mol. The fourth-order valence-electron chi connectivity index (χ4n) is 1.88. The fraction of sp³-hybridized carbons (Fsp3) is 0.938. The van der Waals surface area contributed by atoms with Crippen molar-refractivity contribution < 1.29 is 37.9 Å². The Bertz CT molecular complexity index is 410. The van der Waals surface area contributed by atoms with Crippen LogP contribution < -0.4 is 5.73 Å². The molecule has 0 saturated heterocycles. The zero-order valence-electron chi connectivity index (χ0n) is 15.8. The van der Waals surface area contributed by atoms with E-state index in [9.17, 15) is 14.3 Å². The van der Waals surface area contributed by atoms with E-state index < -0.39 is 32.5 Å². The third-order valence-corrected chi connectivity index (χ3v) is 4.41. The molecule has 4 N–H and O–H groups in total. The standard InChI is InChI=1S/C16H34NO8P/c1-3-5-7-9-22-11-14(23-10-8-6-4-2)12-24-26(20,21)25-13-15(17)16(18)19/h14-15H,3-13,17H2,1-2H3,(H,18,19)(H,20,21). The smallest absolute Gasteiger partial charge is 0.472 e. The molecule has 26 heavy (non-hydrogen) atoms. The average molecular weight is 399 g/mol. The first-order valence-corrected chi connectivity index (χ1v) is 10.6. The van der Waals surface area contributed by atoms with E-state index in [2.05, 4.69) is 18.4 Å². The largest absolute Gasteiger partial charge is 0.480 e. The Morgan fingerprint density at radius 2 is 1.58 bits per heavy atom. The van der Waals surface area contributed by atoms with Crippen molar-refractivity contribution in [2.75, 3.05) is 33.0 Å². The Hall–Kier alpha value is -0.540. The summed E-state index contributed by atoms with van der Waals surface area (Å²) in [6.07, 6.45) is 5.56. The highest BCUT2D eigenvalue weighted by atomic mass is 31.2. The number of phosphoric acid groups is 1. The molecule has 3 unspecified atom stereocenters. The number of hydrogen-bond donors (Lipinski definition) is 3. The minimum Gasteiger partial charge on any atom is -0.480 e. The Balaban J connectivity index is 4.29. The molecule has 0 amide bonds. The van der Waals surface area contributed by atoms with Crippen molar-refractivity contribution in [1.82, 2.24) is 0 Å². The van der Waals surface area contributed by atoms with Gasteiger partial charge in [-0.05, 0) is 12.8 Å². The van der Waals surface area contributed by atoms with Crippen LogP contribution in [-0.2, 0) is 27.9 Å². The maximum atomic E-state index is 11.8. The van der Waals surface area contributed by atoms with Crippen molar-refractivity contribution >= 4 is 13.8 Å². The third kappa shape index (κ3) is 14.6. The van der Waals surface area contributed by atoms with Gasteiger partial charge in [-0.3, -0.25) is 13.8 Å². The van der Waals surface area contributed by atoms with Crippen LogP contribution in [0.25, 0.3) is 0 Å². The minimum atomic E-state index is -4.41. The number of ether oxygens (including phenoxy) is 2. The van der Waals surface area contributed by atoms with Gasteiger partial charge in [-0.15, -0.1) is 0 Å². The minimum absolute atomic E-state index is 0.198. The number of phosphoric ester groups is 1. The number of nitrogens with two attached hydrogens (primary N) is 1. The van der Waals surface area contributed by atoms with Gasteiger partial charge in [0, 0.05) is 13.2 Å². The zero-order valence-corrected chi connectivity index (χ0v) is 16.7. The molecule has 0 aliphatic heterocycles. The van der Waals surface area contributed by atoms with E-state index in [0.29, 0.717) is 13.2 Å². The molecule has 0 saturated carbocycles. The van der Waals surface area contributed by atoms with Gasteiger partial charge in [0.25, 0.3) is 0 Å². The maximum Gasteiger partial charge on any atom is 0.472 e. The number of hydrogen-bond acceptors (Lipinski definition) is 7. The molecule has 0 fully saturated rings. The van der Waals surface area contributed by atoms with E-state index in [4.69, 9.17) is 24.8 Å². The molecule has 0 radical (unpaired) electrons. The van der Waals surface area contributed by atoms with Gasteiger partial charge in [-0.1, -0.05) is 39.5 Å². The molecule has 3 atom stereocenters. The van der Waals surface area contributed by atoms with Gasteiger partial charge in [0.2, 0.25) is 0 Å². The van der Waals surface area contributed by atoms with E-state index in [1.807, 2.05) is 0 Å². The van der Waals surface area contributed by atoms with Crippen LogP contribution in [0, 0.1) is 0 Å². The predicted molar refractivity (Wildman–Crippen MR) is 96.9 cm³/mol. The predicted octanol–water partition coefficient (Wildman–Crippen LogP) is 2.31. The van der Waals surface area contributed by atoms with Crippen LogP contribution in [0.1, 0.15) is 52.4 Å². The van der Waals surface area contributed by atoms with Crippen molar-refractivity contribution in [3.63, 3.8) is 0 Å². The van der Waals surface area contributed by atoms with Crippen molar-refractivity contribution in [1.29, 1.82) is 0 Å². The van der Waals surface area contributed by atoms with E-state index in [-0.39, 0.29) is 13.2 Å². The zero-order chi connectivity index (χ0) is 19.8. The van der Waals surface area contributed by atoms with Crippen LogP contribution in [0.15, 0.2) is 0 Å². The van der Waals surface area contributed by atoms with Gasteiger partial charge in [0.05, 0.1) is 19.8 Å². The van der Waals surface area contributed by atoms with E-state index in [1.165, 1.54) is 0 Å². The quantitative estimate of drug-likeness (QED) is 0.234. The number of aliphatic carboxylic acids is 1. The fourth-order valence-corrected chi connectivity index (χ4v) is 2.65. The lowest BCUT2D eigenvalue weighted by atomic mass is 10.2. The van der Waals surface area contributed by atoms with Crippen LogP contribution in [0.5, 0.6) is 0 Å². The first kappa shape index (κ1) is 25.5. The molecule has 0 rings (SSSR count). The Labute approximate surface area is 155 Å². The molecule has 0 aliphatic rings. The Morgan fingerprint density at radius 3 is 2.15 bits per heavy atom. The number of unbranched alkanes of at least 4 members (excludes halogenated alkanes) is 4. The third-order valence-electron chi connectivity index (χ3n) is 3.46. The summed E-state index contributed by atoms with van der Waals surface area (Å²) in [5.41, 5.74) is 5.22. The van der Waals surface area contributed by atoms with E-state index in [0.717, 1.165) is 38.5 Å². The van der Waals surface area contributed by atoms with Crippen LogP contribution in [0.2, 0.25) is 0 Å². The summed E-state index contributed by atoms with van der Waals surface area (Å²) >= 11 is 0. The number of carboxylic acids is 1. The Kier molecular flexibility index (Phi) is 15.2. The molecule has 10 heteroatoms. The first-order valence-electron chi connectivity index (χ1n) is 9.12.